The van der Waals surface area contributed by atoms with Crippen LogP contribution in [0.4, 0.5) is 0 Å². The molecule has 0 bridgehead atoms. The fourth-order valence-electron chi connectivity index (χ4n) is 2.40. The molecule has 2 aliphatic rings. The van der Waals surface area contributed by atoms with Gasteiger partial charge in [-0.05, 0) is 19.1 Å². The Balaban J connectivity index is 1.86. The fraction of sp³-hybridized carbons (Fsp3) is 0.286. The zero-order chi connectivity index (χ0) is 14.4. The maximum atomic E-state index is 12.2. The molecule has 0 N–H and O–H groups in total. The van der Waals surface area contributed by atoms with Crippen molar-refractivity contribution in [2.45, 2.75) is 19.0 Å². The first kappa shape index (κ1) is 12.4. The van der Waals surface area contributed by atoms with Crippen LogP contribution in [0, 0.1) is 11.3 Å². The second-order valence-electron chi connectivity index (χ2n) is 4.84. The first-order chi connectivity index (χ1) is 9.56. The Labute approximate surface area is 115 Å². The summed E-state index contributed by atoms with van der Waals surface area (Å²) in [5.41, 5.74) is 0.638. The lowest BCUT2D eigenvalue weighted by Gasteiger charge is -2.21. The van der Waals surface area contributed by atoms with E-state index in [2.05, 4.69) is 0 Å². The highest BCUT2D eigenvalue weighted by Gasteiger charge is 2.46. The summed E-state index contributed by atoms with van der Waals surface area (Å²) in [7, 11) is 0. The van der Waals surface area contributed by atoms with E-state index in [0.717, 1.165) is 4.90 Å². The Morgan fingerprint density at radius 1 is 1.30 bits per heavy atom. The summed E-state index contributed by atoms with van der Waals surface area (Å²) in [5, 5.41) is 8.73. The van der Waals surface area contributed by atoms with Crippen molar-refractivity contribution in [1.82, 2.24) is 9.80 Å². The summed E-state index contributed by atoms with van der Waals surface area (Å²) in [6.07, 6.45) is 0. The molecule has 20 heavy (non-hydrogen) atoms. The van der Waals surface area contributed by atoms with Crippen molar-refractivity contribution in [3.8, 4) is 6.07 Å². The number of carbonyl (C=O) groups is 3. The van der Waals surface area contributed by atoms with E-state index in [0.29, 0.717) is 17.7 Å². The Kier molecular flexibility index (Phi) is 2.57. The molecule has 0 saturated carbocycles. The van der Waals surface area contributed by atoms with Crippen LogP contribution in [0.25, 0.3) is 0 Å². The van der Waals surface area contributed by atoms with E-state index in [1.54, 1.807) is 24.3 Å². The molecule has 0 radical (unpaired) electrons. The number of nitriles is 1. The number of rotatable bonds is 2. The number of benzene rings is 1. The van der Waals surface area contributed by atoms with Gasteiger partial charge in [0.25, 0.3) is 11.8 Å². The molecule has 100 valence electrons. The number of nitrogens with zero attached hydrogens (tertiary/aromatic N) is 3. The number of imide groups is 1. The molecule has 2 aliphatic heterocycles. The number of hydrogen-bond donors (Lipinski definition) is 0. The average Bonchev–Trinajstić information content (AvgIpc) is 3.21. The smallest absolute Gasteiger partial charge is 0.262 e. The van der Waals surface area contributed by atoms with Crippen LogP contribution in [0.15, 0.2) is 24.3 Å². The summed E-state index contributed by atoms with van der Waals surface area (Å²) >= 11 is 0. The van der Waals surface area contributed by atoms with Gasteiger partial charge in [0.2, 0.25) is 5.91 Å². The van der Waals surface area contributed by atoms with Gasteiger partial charge in [-0.1, -0.05) is 12.1 Å². The minimum Gasteiger partial charge on any atom is -0.320 e. The van der Waals surface area contributed by atoms with Gasteiger partial charge >= 0.3 is 0 Å². The molecule has 3 amide bonds. The second kappa shape index (κ2) is 4.17. The molecule has 0 spiro atoms. The molecule has 1 aromatic carbocycles. The van der Waals surface area contributed by atoms with Gasteiger partial charge in [0.05, 0.1) is 23.7 Å². The van der Waals surface area contributed by atoms with Crippen LogP contribution in [0.5, 0.6) is 0 Å². The number of hydrogen-bond acceptors (Lipinski definition) is 4. The molecule has 0 aromatic heterocycles. The zero-order valence-corrected chi connectivity index (χ0v) is 10.7. The third-order valence-corrected chi connectivity index (χ3v) is 3.61. The highest BCUT2D eigenvalue weighted by atomic mass is 16.2. The van der Waals surface area contributed by atoms with Gasteiger partial charge in [-0.25, -0.2) is 0 Å². The van der Waals surface area contributed by atoms with E-state index in [9.17, 15) is 14.4 Å². The van der Waals surface area contributed by atoms with Gasteiger partial charge in [0, 0.05) is 0 Å². The number of amides is 3. The molecule has 1 fully saturated rings. The maximum absolute atomic E-state index is 12.2. The molecule has 6 nitrogen and oxygen atoms in total. The van der Waals surface area contributed by atoms with Crippen molar-refractivity contribution in [1.29, 1.82) is 5.26 Å². The van der Waals surface area contributed by atoms with Crippen molar-refractivity contribution in [2.24, 2.45) is 0 Å². The van der Waals surface area contributed by atoms with Crippen molar-refractivity contribution in [2.75, 3.05) is 6.54 Å². The molecule has 1 aromatic rings. The summed E-state index contributed by atoms with van der Waals surface area (Å²) in [6.45, 7) is 1.87. The summed E-state index contributed by atoms with van der Waals surface area (Å²) in [6, 6.07) is 7.15. The minimum atomic E-state index is -0.888. The van der Waals surface area contributed by atoms with Crippen LogP contribution >= 0.6 is 0 Å². The van der Waals surface area contributed by atoms with Crippen LogP contribution < -0.4 is 0 Å². The Morgan fingerprint density at radius 3 is 2.30 bits per heavy atom. The summed E-state index contributed by atoms with van der Waals surface area (Å²) < 4.78 is 0. The van der Waals surface area contributed by atoms with E-state index in [1.165, 1.54) is 11.8 Å². The van der Waals surface area contributed by atoms with Gasteiger partial charge in [0.1, 0.15) is 12.1 Å². The van der Waals surface area contributed by atoms with E-state index in [1.807, 2.05) is 6.07 Å². The molecule has 2 atom stereocenters. The molecule has 2 unspecified atom stereocenters. The van der Waals surface area contributed by atoms with Crippen LogP contribution in [-0.4, -0.2) is 46.1 Å². The Hall–Kier alpha value is -2.68. The van der Waals surface area contributed by atoms with Crippen LogP contribution in [0.1, 0.15) is 27.6 Å². The van der Waals surface area contributed by atoms with Crippen molar-refractivity contribution in [3.63, 3.8) is 0 Å². The monoisotopic (exact) mass is 269 g/mol. The van der Waals surface area contributed by atoms with Crippen LogP contribution in [0.2, 0.25) is 0 Å². The lowest BCUT2D eigenvalue weighted by molar-refractivity contribution is -0.129. The van der Waals surface area contributed by atoms with E-state index >= 15 is 0 Å². The predicted molar refractivity (Wildman–Crippen MR) is 67.5 cm³/mol. The third-order valence-electron chi connectivity index (χ3n) is 3.61. The highest BCUT2D eigenvalue weighted by Crippen LogP contribution is 2.27. The fourth-order valence-corrected chi connectivity index (χ4v) is 2.40. The molecule has 0 aliphatic carbocycles. The van der Waals surface area contributed by atoms with Gasteiger partial charge < -0.3 is 4.90 Å². The van der Waals surface area contributed by atoms with E-state index < -0.39 is 23.9 Å². The van der Waals surface area contributed by atoms with Gasteiger partial charge in [-0.2, -0.15) is 5.26 Å². The topological polar surface area (TPSA) is 81.2 Å². The van der Waals surface area contributed by atoms with Gasteiger partial charge in [-0.15, -0.1) is 0 Å². The molecular formula is C14H11N3O3. The van der Waals surface area contributed by atoms with Gasteiger partial charge in [0.15, 0.2) is 0 Å². The van der Waals surface area contributed by atoms with Crippen LogP contribution in [-0.2, 0) is 4.79 Å². The lowest BCUT2D eigenvalue weighted by atomic mass is 10.1. The first-order valence-electron chi connectivity index (χ1n) is 6.23. The molecule has 6 heteroatoms. The minimum absolute atomic E-state index is 0.319. The quantitative estimate of drug-likeness (QED) is 0.575. The average molecular weight is 269 g/mol. The lowest BCUT2D eigenvalue weighted by Crippen LogP contribution is -2.45. The van der Waals surface area contributed by atoms with Gasteiger partial charge in [-0.3, -0.25) is 19.3 Å². The number of fused-ring (bicyclic) bond motifs is 1. The maximum Gasteiger partial charge on any atom is 0.262 e. The van der Waals surface area contributed by atoms with E-state index in [4.69, 9.17) is 5.26 Å². The molecule has 3 rings (SSSR count). The summed E-state index contributed by atoms with van der Waals surface area (Å²) in [4.78, 5) is 38.9. The number of carbonyl (C=O) groups excluding carboxylic acids is 3. The second-order valence-corrected chi connectivity index (χ2v) is 4.84. The summed E-state index contributed by atoms with van der Waals surface area (Å²) in [5.74, 6) is -1.28. The zero-order valence-electron chi connectivity index (χ0n) is 10.7. The van der Waals surface area contributed by atoms with E-state index in [-0.39, 0.29) is 5.91 Å². The predicted octanol–water partition coefficient (Wildman–Crippen LogP) is 0.405. The largest absolute Gasteiger partial charge is 0.320 e. The highest BCUT2D eigenvalue weighted by molar-refractivity contribution is 6.22. The standard InChI is InChI=1S/C14H11N3O3/c1-8(12(18)16-7-9(16)6-15)17-13(19)10-4-2-3-5-11(10)14(17)20/h2-5,8-9H,7H2,1H3. The molecule has 1 saturated heterocycles. The van der Waals surface area contributed by atoms with Crippen molar-refractivity contribution >= 4 is 17.7 Å². The Morgan fingerprint density at radius 2 is 1.85 bits per heavy atom. The van der Waals surface area contributed by atoms with Crippen LogP contribution in [0.3, 0.4) is 0 Å². The normalized spacial score (nSPS) is 21.5. The Bertz CT molecular complexity index is 641. The van der Waals surface area contributed by atoms with Crippen molar-refractivity contribution < 1.29 is 14.4 Å². The first-order valence-corrected chi connectivity index (χ1v) is 6.23. The molecule has 2 heterocycles. The van der Waals surface area contributed by atoms with Crippen molar-refractivity contribution in [3.05, 3.63) is 35.4 Å². The SMILES string of the molecule is CC(C(=O)N1CC1C#N)N1C(=O)c2ccccc2C1=O. The molecular weight excluding hydrogens is 258 g/mol. The third kappa shape index (κ3) is 1.60.